The summed E-state index contributed by atoms with van der Waals surface area (Å²) in [7, 11) is 3.56. The Labute approximate surface area is 232 Å². The van der Waals surface area contributed by atoms with Crippen LogP contribution in [0.1, 0.15) is 61.0 Å². The van der Waals surface area contributed by atoms with Gasteiger partial charge in [0, 0.05) is 25.9 Å². The van der Waals surface area contributed by atoms with Gasteiger partial charge in [0.05, 0.1) is 49.8 Å². The molecule has 0 fully saturated rings. The first-order chi connectivity index (χ1) is 19.2. The van der Waals surface area contributed by atoms with E-state index in [1.54, 1.807) is 98.2 Å². The Balaban J connectivity index is 0.000000220. The lowest BCUT2D eigenvalue weighted by Gasteiger charge is -2.16. The number of aromatic nitrogens is 6. The van der Waals surface area contributed by atoms with Crippen molar-refractivity contribution in [2.45, 2.75) is 38.5 Å². The largest absolute Gasteiger partial charge is 0.508 e. The molecule has 0 radical (unpaired) electrons. The lowest BCUT2D eigenvalue weighted by Crippen LogP contribution is -2.14. The minimum atomic E-state index is -0.272. The molecule has 0 aliphatic heterocycles. The maximum Gasteiger partial charge on any atom is 0.306 e. The molecule has 4 aromatic rings. The van der Waals surface area contributed by atoms with Crippen molar-refractivity contribution in [3.8, 4) is 11.5 Å². The number of rotatable bonds is 10. The Kier molecular flexibility index (Phi) is 10.7. The van der Waals surface area contributed by atoms with Crippen molar-refractivity contribution in [2.24, 2.45) is 14.1 Å². The minimum absolute atomic E-state index is 0.187. The molecular weight excluding hydrogens is 516 g/mol. The number of ether oxygens (including phenoxy) is 2. The van der Waals surface area contributed by atoms with Crippen LogP contribution in [0.25, 0.3) is 0 Å². The molecule has 0 saturated heterocycles. The van der Waals surface area contributed by atoms with Crippen LogP contribution in [0.5, 0.6) is 11.5 Å². The second-order valence-corrected chi connectivity index (χ2v) is 8.87. The number of aromatic hydroxyl groups is 2. The highest BCUT2D eigenvalue weighted by atomic mass is 16.5. The first-order valence-electron chi connectivity index (χ1n) is 12.8. The summed E-state index contributed by atoms with van der Waals surface area (Å²) in [5.74, 6) is -0.568. The van der Waals surface area contributed by atoms with Crippen molar-refractivity contribution in [1.29, 1.82) is 0 Å². The van der Waals surface area contributed by atoms with Gasteiger partial charge in [0.1, 0.15) is 11.5 Å². The van der Waals surface area contributed by atoms with Crippen LogP contribution in [-0.4, -0.2) is 65.4 Å². The van der Waals surface area contributed by atoms with E-state index in [2.05, 4.69) is 20.6 Å². The van der Waals surface area contributed by atoms with E-state index in [-0.39, 0.29) is 48.1 Å². The summed E-state index contributed by atoms with van der Waals surface area (Å²) in [6.45, 7) is 4.26. The number of benzene rings is 2. The number of esters is 2. The van der Waals surface area contributed by atoms with Gasteiger partial charge in [0.15, 0.2) is 0 Å². The third kappa shape index (κ3) is 8.13. The molecule has 0 spiro atoms. The first kappa shape index (κ1) is 29.8. The number of hydrogen-bond acceptors (Lipinski definition) is 10. The molecule has 0 bridgehead atoms. The summed E-state index contributed by atoms with van der Waals surface area (Å²) >= 11 is 0. The average Bonchev–Trinajstić information content (AvgIpc) is 3.55. The standard InChI is InChI=1S/2C14H17N3O3/c2*1-3-20-14(19)8-12(13-9-15-16-17(13)2)10-4-6-11(18)7-5-10/h2*4-7,9,12,18H,3,8H2,1-2H3/t12-;/m0./s1. The number of carbonyl (C=O) groups excluding carboxylic acids is 2. The molecule has 2 aromatic heterocycles. The van der Waals surface area contributed by atoms with E-state index < -0.39 is 0 Å². The van der Waals surface area contributed by atoms with Crippen LogP contribution >= 0.6 is 0 Å². The van der Waals surface area contributed by atoms with Crippen LogP contribution < -0.4 is 0 Å². The van der Waals surface area contributed by atoms with E-state index in [0.717, 1.165) is 22.5 Å². The Morgan fingerprint density at radius 2 is 1.05 bits per heavy atom. The molecule has 12 heteroatoms. The number of hydrogen-bond donors (Lipinski definition) is 2. The van der Waals surface area contributed by atoms with Gasteiger partial charge in [-0.05, 0) is 49.2 Å². The van der Waals surface area contributed by atoms with Gasteiger partial charge in [-0.3, -0.25) is 19.0 Å². The van der Waals surface area contributed by atoms with Crippen LogP contribution in [0.4, 0.5) is 0 Å². The highest BCUT2D eigenvalue weighted by Crippen LogP contribution is 2.30. The predicted molar refractivity (Wildman–Crippen MR) is 144 cm³/mol. The highest BCUT2D eigenvalue weighted by molar-refractivity contribution is 5.71. The Morgan fingerprint density at radius 3 is 1.32 bits per heavy atom. The fourth-order valence-electron chi connectivity index (χ4n) is 4.20. The Hall–Kier alpha value is -4.74. The summed E-state index contributed by atoms with van der Waals surface area (Å²) in [5.41, 5.74) is 3.45. The molecule has 0 amide bonds. The van der Waals surface area contributed by atoms with E-state index in [1.165, 1.54) is 0 Å². The van der Waals surface area contributed by atoms with Crippen LogP contribution in [0.15, 0.2) is 60.9 Å². The van der Waals surface area contributed by atoms with Crippen LogP contribution in [0, 0.1) is 0 Å². The second kappa shape index (κ2) is 14.4. The number of nitrogens with zero attached hydrogens (tertiary/aromatic N) is 6. The van der Waals surface area contributed by atoms with Crippen molar-refractivity contribution in [1.82, 2.24) is 30.0 Å². The molecule has 0 aliphatic carbocycles. The lowest BCUT2D eigenvalue weighted by atomic mass is 9.92. The van der Waals surface area contributed by atoms with Gasteiger partial charge in [0.2, 0.25) is 0 Å². The Bertz CT molecular complexity index is 1260. The fourth-order valence-corrected chi connectivity index (χ4v) is 4.20. The molecule has 4 rings (SSSR count). The zero-order valence-electron chi connectivity index (χ0n) is 23.0. The quantitative estimate of drug-likeness (QED) is 0.281. The van der Waals surface area contributed by atoms with Gasteiger partial charge < -0.3 is 19.7 Å². The third-order valence-corrected chi connectivity index (χ3v) is 6.16. The molecule has 0 saturated carbocycles. The summed E-state index contributed by atoms with van der Waals surface area (Å²) in [5, 5.41) is 34.2. The van der Waals surface area contributed by atoms with Crippen LogP contribution in [0.2, 0.25) is 0 Å². The van der Waals surface area contributed by atoms with Crippen molar-refractivity contribution in [3.63, 3.8) is 0 Å². The molecule has 1 unspecified atom stereocenters. The van der Waals surface area contributed by atoms with Crippen molar-refractivity contribution in [2.75, 3.05) is 13.2 Å². The zero-order valence-corrected chi connectivity index (χ0v) is 23.0. The molecule has 2 atom stereocenters. The molecule has 40 heavy (non-hydrogen) atoms. The zero-order chi connectivity index (χ0) is 29.1. The molecule has 2 N–H and O–H groups in total. The fraction of sp³-hybridized carbons (Fsp3) is 0.357. The Morgan fingerprint density at radius 1 is 0.700 bits per heavy atom. The maximum atomic E-state index is 11.8. The summed E-state index contributed by atoms with van der Waals surface area (Å²) in [6, 6.07) is 13.5. The van der Waals surface area contributed by atoms with Gasteiger partial charge in [-0.2, -0.15) is 0 Å². The second-order valence-electron chi connectivity index (χ2n) is 8.87. The lowest BCUT2D eigenvalue weighted by molar-refractivity contribution is -0.144. The van der Waals surface area contributed by atoms with Crippen molar-refractivity contribution >= 4 is 11.9 Å². The number of aryl methyl sites for hydroxylation is 2. The van der Waals surface area contributed by atoms with E-state index in [1.807, 2.05) is 0 Å². The monoisotopic (exact) mass is 550 g/mol. The third-order valence-electron chi connectivity index (χ3n) is 6.16. The summed E-state index contributed by atoms with van der Waals surface area (Å²) in [6.07, 6.45) is 3.69. The number of phenolic OH excluding ortho intramolecular Hbond substituents is 2. The average molecular weight is 551 g/mol. The number of phenols is 2. The number of carbonyl (C=O) groups is 2. The molecule has 212 valence electrons. The molecule has 2 aromatic carbocycles. The summed E-state index contributed by atoms with van der Waals surface area (Å²) in [4.78, 5) is 23.6. The normalized spacial score (nSPS) is 12.1. The SMILES string of the molecule is CCOC(=O)CC(c1ccc(O)cc1)c1cnnn1C.CCOC(=O)C[C@@H](c1ccc(O)cc1)c1cnnn1C. The van der Waals surface area contributed by atoms with Gasteiger partial charge >= 0.3 is 11.9 Å². The first-order valence-corrected chi connectivity index (χ1v) is 12.8. The van der Waals surface area contributed by atoms with Gasteiger partial charge in [-0.15, -0.1) is 10.2 Å². The van der Waals surface area contributed by atoms with E-state index in [9.17, 15) is 19.8 Å². The van der Waals surface area contributed by atoms with Gasteiger partial charge in [-0.1, -0.05) is 34.7 Å². The van der Waals surface area contributed by atoms with E-state index in [4.69, 9.17) is 9.47 Å². The smallest absolute Gasteiger partial charge is 0.306 e. The summed E-state index contributed by atoms with van der Waals surface area (Å²) < 4.78 is 13.3. The van der Waals surface area contributed by atoms with Gasteiger partial charge in [-0.25, -0.2) is 0 Å². The maximum absolute atomic E-state index is 11.8. The van der Waals surface area contributed by atoms with Crippen LogP contribution in [0.3, 0.4) is 0 Å². The topological polar surface area (TPSA) is 154 Å². The van der Waals surface area contributed by atoms with E-state index >= 15 is 0 Å². The van der Waals surface area contributed by atoms with Crippen molar-refractivity contribution < 1.29 is 29.3 Å². The van der Waals surface area contributed by atoms with E-state index in [0.29, 0.717) is 13.2 Å². The minimum Gasteiger partial charge on any atom is -0.508 e. The van der Waals surface area contributed by atoms with Gasteiger partial charge in [0.25, 0.3) is 0 Å². The van der Waals surface area contributed by atoms with Crippen LogP contribution in [-0.2, 0) is 33.2 Å². The molecule has 0 aliphatic rings. The predicted octanol–water partition coefficient (Wildman–Crippen LogP) is 3.21. The van der Waals surface area contributed by atoms with Crippen molar-refractivity contribution in [3.05, 3.63) is 83.4 Å². The highest BCUT2D eigenvalue weighted by Gasteiger charge is 2.23. The molecular formula is C28H34N6O6. The molecule has 12 nitrogen and oxygen atoms in total. The molecule has 2 heterocycles.